The lowest BCUT2D eigenvalue weighted by Crippen LogP contribution is -2.32. The van der Waals surface area contributed by atoms with Gasteiger partial charge in [0.2, 0.25) is 0 Å². The lowest BCUT2D eigenvalue weighted by molar-refractivity contribution is -0.148. The lowest BCUT2D eigenvalue weighted by Gasteiger charge is -2.21. The molecule has 7 heteroatoms. The van der Waals surface area contributed by atoms with Gasteiger partial charge in [0.25, 0.3) is 0 Å². The van der Waals surface area contributed by atoms with Gasteiger partial charge in [0, 0.05) is 21.9 Å². The van der Waals surface area contributed by atoms with Crippen LogP contribution in [0.5, 0.6) is 0 Å². The number of fused-ring (bicyclic) bond motifs is 1. The Morgan fingerprint density at radius 3 is 2.68 bits per heavy atom. The van der Waals surface area contributed by atoms with Gasteiger partial charge in [-0.2, -0.15) is 0 Å². The summed E-state index contributed by atoms with van der Waals surface area (Å²) in [7, 11) is 0. The van der Waals surface area contributed by atoms with Crippen LogP contribution in [0.25, 0.3) is 5.70 Å². The van der Waals surface area contributed by atoms with Crippen LogP contribution in [-0.2, 0) is 9.53 Å². The number of carbonyl (C=O) groups is 1. The van der Waals surface area contributed by atoms with Gasteiger partial charge in [0.15, 0.2) is 0 Å². The summed E-state index contributed by atoms with van der Waals surface area (Å²) in [5.41, 5.74) is 0.0223. The number of esters is 1. The first-order valence-electron chi connectivity index (χ1n) is 8.67. The Bertz CT molecular complexity index is 1070. The molecule has 3 rings (SSSR count). The van der Waals surface area contributed by atoms with Crippen molar-refractivity contribution < 1.29 is 19.1 Å². The minimum atomic E-state index is -0.659. The minimum absolute atomic E-state index is 0.130. The SMILES string of the molecule is CC(C)(C)OC(=O)/C=C1/CN(O)C(c2ccccc2F)=c2cc(Cl)ccc2=N1. The van der Waals surface area contributed by atoms with Crippen LogP contribution in [0.3, 0.4) is 0 Å². The Balaban J connectivity index is 2.21. The van der Waals surface area contributed by atoms with Crippen LogP contribution in [0.1, 0.15) is 26.3 Å². The number of halogens is 2. The average molecular weight is 403 g/mol. The maximum atomic E-state index is 14.5. The van der Waals surface area contributed by atoms with Crippen LogP contribution in [0.15, 0.2) is 59.2 Å². The highest BCUT2D eigenvalue weighted by atomic mass is 35.5. The minimum Gasteiger partial charge on any atom is -0.457 e. The van der Waals surface area contributed by atoms with Crippen LogP contribution in [0, 0.1) is 5.82 Å². The van der Waals surface area contributed by atoms with E-state index < -0.39 is 17.4 Å². The molecule has 0 aromatic heterocycles. The third-order valence-electron chi connectivity index (χ3n) is 3.87. The Labute approximate surface area is 167 Å². The first-order valence-corrected chi connectivity index (χ1v) is 9.05. The zero-order valence-corrected chi connectivity index (χ0v) is 16.5. The molecule has 146 valence electrons. The molecule has 0 saturated heterocycles. The molecular weight excluding hydrogens is 383 g/mol. The summed E-state index contributed by atoms with van der Waals surface area (Å²) in [5.74, 6) is -1.08. The Morgan fingerprint density at radius 2 is 2.00 bits per heavy atom. The number of hydroxylamine groups is 2. The van der Waals surface area contributed by atoms with Gasteiger partial charge in [-0.25, -0.2) is 14.2 Å². The number of carbonyl (C=O) groups excluding carboxylic acids is 1. The fourth-order valence-corrected chi connectivity index (χ4v) is 3.01. The molecule has 0 fully saturated rings. The number of benzene rings is 2. The van der Waals surface area contributed by atoms with E-state index in [2.05, 4.69) is 4.99 Å². The molecule has 0 amide bonds. The van der Waals surface area contributed by atoms with E-state index in [1.165, 1.54) is 12.1 Å². The molecule has 2 aromatic carbocycles. The standard InChI is InChI=1S/C21H20ClFN2O3/c1-21(2,3)28-19(26)11-14-12-25(27)20(15-6-4-5-7-17(15)23)16-10-13(22)8-9-18(16)24-14/h4-11,27H,12H2,1-3H3/b14-11-. The highest BCUT2D eigenvalue weighted by molar-refractivity contribution is 6.30. The summed E-state index contributed by atoms with van der Waals surface area (Å²) in [6.07, 6.45) is 1.22. The fourth-order valence-electron chi connectivity index (χ4n) is 2.84. The van der Waals surface area contributed by atoms with E-state index in [1.54, 1.807) is 57.2 Å². The summed E-state index contributed by atoms with van der Waals surface area (Å²) in [6.45, 7) is 5.14. The predicted molar refractivity (Wildman–Crippen MR) is 104 cm³/mol. The van der Waals surface area contributed by atoms with E-state index in [9.17, 15) is 14.4 Å². The first kappa shape index (κ1) is 20.0. The molecule has 1 aliphatic heterocycles. The van der Waals surface area contributed by atoms with E-state index in [0.29, 0.717) is 15.6 Å². The largest absolute Gasteiger partial charge is 0.457 e. The molecule has 0 aliphatic carbocycles. The van der Waals surface area contributed by atoms with Gasteiger partial charge < -0.3 is 4.74 Å². The molecule has 0 saturated carbocycles. The summed E-state index contributed by atoms with van der Waals surface area (Å²) < 4.78 is 19.7. The predicted octanol–water partition coefficient (Wildman–Crippen LogP) is 3.19. The van der Waals surface area contributed by atoms with E-state index in [1.807, 2.05) is 0 Å². The first-order chi connectivity index (χ1) is 13.1. The molecule has 0 unspecified atom stereocenters. The molecule has 0 spiro atoms. The molecule has 1 heterocycles. The molecule has 1 aliphatic rings. The molecular formula is C21H20ClFN2O3. The summed E-state index contributed by atoms with van der Waals surface area (Å²) in [6, 6.07) is 11.0. The van der Waals surface area contributed by atoms with Crippen molar-refractivity contribution in [3.8, 4) is 0 Å². The van der Waals surface area contributed by atoms with Gasteiger partial charge >= 0.3 is 5.97 Å². The van der Waals surface area contributed by atoms with Gasteiger partial charge in [0.1, 0.15) is 11.4 Å². The van der Waals surface area contributed by atoms with Crippen molar-refractivity contribution in [2.24, 2.45) is 4.99 Å². The summed E-state index contributed by atoms with van der Waals surface area (Å²) in [4.78, 5) is 16.6. The number of nitrogens with zero attached hydrogens (tertiary/aromatic N) is 2. The van der Waals surface area contributed by atoms with Gasteiger partial charge in [-0.05, 0) is 51.1 Å². The Kier molecular flexibility index (Phi) is 5.54. The Hall–Kier alpha value is -2.70. The molecule has 0 atom stereocenters. The highest BCUT2D eigenvalue weighted by Gasteiger charge is 2.21. The van der Waals surface area contributed by atoms with Crippen molar-refractivity contribution >= 4 is 23.3 Å². The molecule has 28 heavy (non-hydrogen) atoms. The second-order valence-electron chi connectivity index (χ2n) is 7.33. The highest BCUT2D eigenvalue weighted by Crippen LogP contribution is 2.21. The summed E-state index contributed by atoms with van der Waals surface area (Å²) in [5, 5.41) is 12.9. The number of hydrogen-bond donors (Lipinski definition) is 1. The maximum absolute atomic E-state index is 14.5. The monoisotopic (exact) mass is 402 g/mol. The van der Waals surface area contributed by atoms with Crippen molar-refractivity contribution in [3.05, 3.63) is 81.2 Å². The van der Waals surface area contributed by atoms with Crippen molar-refractivity contribution in [1.82, 2.24) is 5.06 Å². The van der Waals surface area contributed by atoms with E-state index in [-0.39, 0.29) is 23.5 Å². The van der Waals surface area contributed by atoms with Crippen molar-refractivity contribution in [2.75, 3.05) is 6.54 Å². The normalized spacial score (nSPS) is 15.7. The van der Waals surface area contributed by atoms with Gasteiger partial charge in [-0.1, -0.05) is 23.7 Å². The quantitative estimate of drug-likeness (QED) is 0.619. The second-order valence-corrected chi connectivity index (χ2v) is 7.76. The van der Waals surface area contributed by atoms with Crippen LogP contribution >= 0.6 is 11.6 Å². The topological polar surface area (TPSA) is 62.1 Å². The molecule has 5 nitrogen and oxygen atoms in total. The van der Waals surface area contributed by atoms with Crippen molar-refractivity contribution in [3.63, 3.8) is 0 Å². The van der Waals surface area contributed by atoms with Crippen LogP contribution < -0.4 is 10.6 Å². The van der Waals surface area contributed by atoms with E-state index in [4.69, 9.17) is 16.3 Å². The molecule has 2 aromatic rings. The van der Waals surface area contributed by atoms with Gasteiger partial charge in [0.05, 0.1) is 23.3 Å². The molecule has 0 radical (unpaired) electrons. The number of hydrogen-bond acceptors (Lipinski definition) is 5. The average Bonchev–Trinajstić information content (AvgIpc) is 2.69. The second kappa shape index (κ2) is 7.73. The maximum Gasteiger partial charge on any atom is 0.333 e. The molecule has 1 N–H and O–H groups in total. The van der Waals surface area contributed by atoms with E-state index >= 15 is 0 Å². The Morgan fingerprint density at radius 1 is 1.29 bits per heavy atom. The zero-order valence-electron chi connectivity index (χ0n) is 15.7. The van der Waals surface area contributed by atoms with Gasteiger partial charge in [-0.15, -0.1) is 0 Å². The lowest BCUT2D eigenvalue weighted by atomic mass is 10.1. The zero-order chi connectivity index (χ0) is 20.5. The number of ether oxygens (including phenoxy) is 1. The van der Waals surface area contributed by atoms with Gasteiger partial charge in [-0.3, -0.25) is 10.2 Å². The molecule has 0 bridgehead atoms. The van der Waals surface area contributed by atoms with E-state index in [0.717, 1.165) is 5.06 Å². The van der Waals surface area contributed by atoms with Crippen LogP contribution in [0.4, 0.5) is 4.39 Å². The number of rotatable bonds is 2. The third kappa shape index (κ3) is 4.58. The van der Waals surface area contributed by atoms with Crippen molar-refractivity contribution in [1.29, 1.82) is 0 Å². The summed E-state index contributed by atoms with van der Waals surface area (Å²) >= 11 is 6.13. The smallest absolute Gasteiger partial charge is 0.333 e. The van der Waals surface area contributed by atoms with Crippen LogP contribution in [-0.4, -0.2) is 28.4 Å². The fraction of sp³-hybridized carbons (Fsp3) is 0.238. The van der Waals surface area contributed by atoms with Crippen LogP contribution in [0.2, 0.25) is 5.02 Å². The third-order valence-corrected chi connectivity index (χ3v) is 4.10. The van der Waals surface area contributed by atoms with Crippen molar-refractivity contribution in [2.45, 2.75) is 26.4 Å².